The summed E-state index contributed by atoms with van der Waals surface area (Å²) in [6.45, 7) is 0. The van der Waals surface area contributed by atoms with Crippen molar-refractivity contribution >= 4 is 21.6 Å². The molecule has 0 saturated heterocycles. The van der Waals surface area contributed by atoms with E-state index < -0.39 is 0 Å². The monoisotopic (exact) mass is 350 g/mol. The van der Waals surface area contributed by atoms with Crippen LogP contribution in [-0.2, 0) is 6.42 Å². The average molecular weight is 351 g/mol. The Bertz CT molecular complexity index is 613. The van der Waals surface area contributed by atoms with Crippen LogP contribution in [0, 0.1) is 5.82 Å². The lowest BCUT2D eigenvalue weighted by molar-refractivity contribution is 0.580. The van der Waals surface area contributed by atoms with Gasteiger partial charge in [-0.15, -0.1) is 0 Å². The molecule has 0 aliphatic heterocycles. The third kappa shape index (κ3) is 3.83. The molecular formula is C17H20BrFN2. The summed E-state index contributed by atoms with van der Waals surface area (Å²) in [4.78, 5) is 2.08. The van der Waals surface area contributed by atoms with Crippen molar-refractivity contribution in [2.24, 2.45) is 0 Å². The van der Waals surface area contributed by atoms with Crippen LogP contribution in [-0.4, -0.2) is 21.1 Å². The van der Waals surface area contributed by atoms with Crippen LogP contribution in [0.25, 0.3) is 0 Å². The Hall–Kier alpha value is -1.39. The molecule has 0 aliphatic carbocycles. The summed E-state index contributed by atoms with van der Waals surface area (Å²) in [5.74, 6) is -0.218. The smallest absolute Gasteiger partial charge is 0.137 e. The number of rotatable bonds is 5. The first-order chi connectivity index (χ1) is 10.0. The van der Waals surface area contributed by atoms with Crippen molar-refractivity contribution in [3.63, 3.8) is 0 Å². The highest BCUT2D eigenvalue weighted by Gasteiger charge is 2.14. The van der Waals surface area contributed by atoms with Crippen molar-refractivity contribution < 1.29 is 4.39 Å². The second-order valence-electron chi connectivity index (χ2n) is 5.25. The maximum absolute atomic E-state index is 13.6. The number of benzene rings is 2. The van der Waals surface area contributed by atoms with E-state index in [0.29, 0.717) is 4.47 Å². The molecule has 2 nitrogen and oxygen atoms in total. The highest BCUT2D eigenvalue weighted by molar-refractivity contribution is 9.10. The fourth-order valence-electron chi connectivity index (χ4n) is 2.33. The van der Waals surface area contributed by atoms with Gasteiger partial charge < -0.3 is 10.2 Å². The summed E-state index contributed by atoms with van der Waals surface area (Å²) >= 11 is 3.34. The van der Waals surface area contributed by atoms with Gasteiger partial charge in [0, 0.05) is 25.8 Å². The molecule has 0 saturated carbocycles. The van der Waals surface area contributed by atoms with E-state index in [-0.39, 0.29) is 11.9 Å². The summed E-state index contributed by atoms with van der Waals surface area (Å²) in [7, 11) is 5.98. The van der Waals surface area contributed by atoms with Crippen molar-refractivity contribution in [2.75, 3.05) is 26.0 Å². The molecule has 0 spiro atoms. The van der Waals surface area contributed by atoms with Gasteiger partial charge in [0.25, 0.3) is 0 Å². The minimum absolute atomic E-state index is 0.142. The second-order valence-corrected chi connectivity index (χ2v) is 6.04. The molecule has 2 aromatic rings. The Balaban J connectivity index is 2.28. The molecule has 112 valence electrons. The van der Waals surface area contributed by atoms with Crippen molar-refractivity contribution in [2.45, 2.75) is 12.5 Å². The number of likely N-dealkylation sites (N-methyl/N-ethyl adjacent to an activating group) is 1. The van der Waals surface area contributed by atoms with Gasteiger partial charge in [-0.05, 0) is 58.7 Å². The molecule has 2 aromatic carbocycles. The standard InChI is InChI=1S/C17H20BrFN2/c1-20-16(11-13-7-5-9-15(19)17(13)18)12-6-4-8-14(10-12)21(2)3/h4-10,16,20H,11H2,1-3H3. The zero-order chi connectivity index (χ0) is 15.4. The first-order valence-corrected chi connectivity index (χ1v) is 7.69. The molecule has 0 aromatic heterocycles. The molecule has 2 rings (SSSR count). The van der Waals surface area contributed by atoms with Gasteiger partial charge in [-0.3, -0.25) is 0 Å². The van der Waals surface area contributed by atoms with Crippen molar-refractivity contribution in [3.05, 3.63) is 63.9 Å². The Morgan fingerprint density at radius 3 is 2.57 bits per heavy atom. The fourth-order valence-corrected chi connectivity index (χ4v) is 2.76. The van der Waals surface area contributed by atoms with E-state index in [4.69, 9.17) is 0 Å². The van der Waals surface area contributed by atoms with Crippen LogP contribution >= 0.6 is 15.9 Å². The van der Waals surface area contributed by atoms with Gasteiger partial charge >= 0.3 is 0 Å². The van der Waals surface area contributed by atoms with Crippen LogP contribution in [0.15, 0.2) is 46.9 Å². The molecule has 0 bridgehead atoms. The zero-order valence-electron chi connectivity index (χ0n) is 12.5. The van der Waals surface area contributed by atoms with Gasteiger partial charge in [-0.2, -0.15) is 0 Å². The fraction of sp³-hybridized carbons (Fsp3) is 0.294. The quantitative estimate of drug-likeness (QED) is 0.870. The van der Waals surface area contributed by atoms with Crippen LogP contribution in [0.5, 0.6) is 0 Å². The van der Waals surface area contributed by atoms with Crippen LogP contribution < -0.4 is 10.2 Å². The summed E-state index contributed by atoms with van der Waals surface area (Å²) in [5.41, 5.74) is 3.32. The first kappa shape index (κ1) is 16.0. The maximum atomic E-state index is 13.6. The van der Waals surface area contributed by atoms with Gasteiger partial charge in [0.2, 0.25) is 0 Å². The highest BCUT2D eigenvalue weighted by atomic mass is 79.9. The van der Waals surface area contributed by atoms with Crippen LogP contribution in [0.1, 0.15) is 17.2 Å². The molecular weight excluding hydrogens is 331 g/mol. The number of hydrogen-bond donors (Lipinski definition) is 1. The topological polar surface area (TPSA) is 15.3 Å². The molecule has 0 aliphatic rings. The molecule has 4 heteroatoms. The molecule has 1 atom stereocenters. The largest absolute Gasteiger partial charge is 0.378 e. The van der Waals surface area contributed by atoms with Crippen LogP contribution in [0.2, 0.25) is 0 Å². The molecule has 0 heterocycles. The van der Waals surface area contributed by atoms with Gasteiger partial charge in [0.1, 0.15) is 5.82 Å². The van der Waals surface area contributed by atoms with Gasteiger partial charge in [-0.1, -0.05) is 24.3 Å². The number of nitrogens with one attached hydrogen (secondary N) is 1. The molecule has 1 N–H and O–H groups in total. The number of nitrogens with zero attached hydrogens (tertiary/aromatic N) is 1. The summed E-state index contributed by atoms with van der Waals surface area (Å²) < 4.78 is 14.2. The Labute approximate surface area is 134 Å². The van der Waals surface area contributed by atoms with E-state index in [2.05, 4.69) is 50.4 Å². The Morgan fingerprint density at radius 2 is 1.90 bits per heavy atom. The third-order valence-corrected chi connectivity index (χ3v) is 4.48. The number of hydrogen-bond acceptors (Lipinski definition) is 2. The van der Waals surface area contributed by atoms with Crippen molar-refractivity contribution in [3.8, 4) is 0 Å². The predicted molar refractivity (Wildman–Crippen MR) is 90.4 cm³/mol. The average Bonchev–Trinajstić information content (AvgIpc) is 2.49. The maximum Gasteiger partial charge on any atom is 0.137 e. The van der Waals surface area contributed by atoms with E-state index in [1.807, 2.05) is 27.2 Å². The van der Waals surface area contributed by atoms with E-state index in [1.54, 1.807) is 6.07 Å². The summed E-state index contributed by atoms with van der Waals surface area (Å²) in [6, 6.07) is 13.7. The second kappa shape index (κ2) is 7.05. The summed E-state index contributed by atoms with van der Waals surface area (Å²) in [6.07, 6.45) is 0.728. The lowest BCUT2D eigenvalue weighted by atomic mass is 9.98. The SMILES string of the molecule is CNC(Cc1cccc(F)c1Br)c1cccc(N(C)C)c1. The van der Waals surface area contributed by atoms with Crippen molar-refractivity contribution in [1.82, 2.24) is 5.32 Å². The normalized spacial score (nSPS) is 12.2. The minimum atomic E-state index is -0.218. The van der Waals surface area contributed by atoms with E-state index >= 15 is 0 Å². The van der Waals surface area contributed by atoms with Gasteiger partial charge in [-0.25, -0.2) is 4.39 Å². The van der Waals surface area contributed by atoms with E-state index in [0.717, 1.165) is 17.7 Å². The van der Waals surface area contributed by atoms with Gasteiger partial charge in [0.05, 0.1) is 4.47 Å². The molecule has 1 unspecified atom stereocenters. The summed E-state index contributed by atoms with van der Waals surface area (Å²) in [5, 5.41) is 3.32. The molecule has 0 fully saturated rings. The zero-order valence-corrected chi connectivity index (χ0v) is 14.1. The Kier molecular flexibility index (Phi) is 5.37. The van der Waals surface area contributed by atoms with Gasteiger partial charge in [0.15, 0.2) is 0 Å². The number of halogens is 2. The van der Waals surface area contributed by atoms with E-state index in [1.165, 1.54) is 11.6 Å². The first-order valence-electron chi connectivity index (χ1n) is 6.90. The lowest BCUT2D eigenvalue weighted by Gasteiger charge is -2.20. The van der Waals surface area contributed by atoms with Crippen molar-refractivity contribution in [1.29, 1.82) is 0 Å². The van der Waals surface area contributed by atoms with Crippen LogP contribution in [0.3, 0.4) is 0 Å². The minimum Gasteiger partial charge on any atom is -0.378 e. The third-order valence-electron chi connectivity index (χ3n) is 3.59. The lowest BCUT2D eigenvalue weighted by Crippen LogP contribution is -2.20. The number of anilines is 1. The highest BCUT2D eigenvalue weighted by Crippen LogP contribution is 2.27. The Morgan fingerprint density at radius 1 is 1.19 bits per heavy atom. The molecule has 0 amide bonds. The van der Waals surface area contributed by atoms with Crippen LogP contribution in [0.4, 0.5) is 10.1 Å². The molecule has 0 radical (unpaired) electrons. The molecule has 21 heavy (non-hydrogen) atoms. The van der Waals surface area contributed by atoms with E-state index in [9.17, 15) is 4.39 Å². The predicted octanol–water partition coefficient (Wildman–Crippen LogP) is 4.16.